The van der Waals surface area contributed by atoms with Crippen LogP contribution in [0.15, 0.2) is 80.8 Å². The van der Waals surface area contributed by atoms with E-state index in [0.29, 0.717) is 43.3 Å². The number of nitrogens with one attached hydrogen (secondary N) is 1. The van der Waals surface area contributed by atoms with Crippen molar-refractivity contribution in [3.63, 3.8) is 0 Å². The normalized spacial score (nSPS) is 16.4. The third-order valence-electron chi connectivity index (χ3n) is 5.74. The fourth-order valence-corrected chi connectivity index (χ4v) is 5.54. The van der Waals surface area contributed by atoms with E-state index in [1.54, 1.807) is 22.8 Å². The highest BCUT2D eigenvalue weighted by atomic mass is 32.2. The van der Waals surface area contributed by atoms with Gasteiger partial charge >= 0.3 is 5.76 Å². The quantitative estimate of drug-likeness (QED) is 0.536. The largest absolute Gasteiger partial charge is 0.424 e. The number of quaternary nitrogens is 1. The van der Waals surface area contributed by atoms with Crippen LogP contribution in [0.2, 0.25) is 0 Å². The van der Waals surface area contributed by atoms with Gasteiger partial charge in [0.2, 0.25) is 10.0 Å². The molecule has 7 nitrogen and oxygen atoms in total. The van der Waals surface area contributed by atoms with Gasteiger partial charge in [0.25, 0.3) is 0 Å². The van der Waals surface area contributed by atoms with Gasteiger partial charge in [-0.25, -0.2) is 17.8 Å². The number of aromatic nitrogens is 1. The highest BCUT2D eigenvalue weighted by molar-refractivity contribution is 7.89. The highest BCUT2D eigenvalue weighted by Gasteiger charge is 2.31. The van der Waals surface area contributed by atoms with E-state index in [1.165, 1.54) is 4.31 Å². The zero-order valence-corrected chi connectivity index (χ0v) is 17.1. The summed E-state index contributed by atoms with van der Waals surface area (Å²) in [5.74, 6) is -0.380. The number of hydrogen-bond donors (Lipinski definition) is 1. The predicted octanol–water partition coefficient (Wildman–Crippen LogP) is 1.29. The van der Waals surface area contributed by atoms with Crippen LogP contribution >= 0.6 is 0 Å². The van der Waals surface area contributed by atoms with Gasteiger partial charge in [-0.2, -0.15) is 4.31 Å². The summed E-state index contributed by atoms with van der Waals surface area (Å²) >= 11 is 0. The van der Waals surface area contributed by atoms with Crippen LogP contribution in [0.5, 0.6) is 0 Å². The molecule has 1 saturated heterocycles. The Morgan fingerprint density at radius 3 is 2.40 bits per heavy atom. The maximum absolute atomic E-state index is 13.1. The van der Waals surface area contributed by atoms with Crippen molar-refractivity contribution in [1.29, 1.82) is 0 Å². The lowest BCUT2D eigenvalue weighted by Gasteiger charge is -2.31. The topological polar surface area (TPSA) is 77.0 Å². The van der Waals surface area contributed by atoms with E-state index in [-0.39, 0.29) is 5.76 Å². The van der Waals surface area contributed by atoms with Gasteiger partial charge in [-0.05, 0) is 35.0 Å². The molecule has 0 saturated carbocycles. The lowest BCUT2D eigenvalue weighted by molar-refractivity contribution is -0.926. The zero-order valence-electron chi connectivity index (χ0n) is 16.3. The minimum absolute atomic E-state index is 0.321. The summed E-state index contributed by atoms with van der Waals surface area (Å²) in [5.41, 5.74) is 1.33. The van der Waals surface area contributed by atoms with Crippen LogP contribution in [0.4, 0.5) is 0 Å². The first-order valence-corrected chi connectivity index (χ1v) is 11.4. The molecule has 4 aromatic rings. The van der Waals surface area contributed by atoms with E-state index in [1.807, 2.05) is 48.5 Å². The molecular weight excluding hydrogens is 402 g/mol. The summed E-state index contributed by atoms with van der Waals surface area (Å²) in [4.78, 5) is 13.7. The fraction of sp³-hybridized carbons (Fsp3) is 0.227. The van der Waals surface area contributed by atoms with Gasteiger partial charge in [0.05, 0.1) is 36.6 Å². The molecule has 1 aliphatic heterocycles. The first-order valence-electron chi connectivity index (χ1n) is 9.93. The van der Waals surface area contributed by atoms with Crippen molar-refractivity contribution in [2.75, 3.05) is 26.2 Å². The maximum Gasteiger partial charge on any atom is 0.424 e. The minimum atomic E-state index is -3.55. The summed E-state index contributed by atoms with van der Waals surface area (Å²) in [6, 6.07) is 20.3. The molecule has 1 N–H and O–H groups in total. The summed E-state index contributed by atoms with van der Waals surface area (Å²) in [6.45, 7) is 2.53. The summed E-state index contributed by atoms with van der Waals surface area (Å²) < 4.78 is 34.7. The Balaban J connectivity index is 1.32. The number of sulfonamides is 1. The molecule has 30 heavy (non-hydrogen) atoms. The molecule has 1 aliphatic rings. The van der Waals surface area contributed by atoms with E-state index in [0.717, 1.165) is 21.2 Å². The Morgan fingerprint density at radius 2 is 1.60 bits per heavy atom. The Hall–Kier alpha value is -2.94. The summed E-state index contributed by atoms with van der Waals surface area (Å²) in [5, 5.41) is 1.93. The van der Waals surface area contributed by atoms with Crippen molar-refractivity contribution in [3.05, 3.63) is 77.3 Å². The standard InChI is InChI=1S/C22H21N3O4S/c26-22-25(20-7-3-4-8-21(20)29-22)16-23-11-13-24(14-12-23)30(27,28)19-10-9-17-5-1-2-6-18(17)15-19/h1-10,15H,11-14,16H2/p+1. The van der Waals surface area contributed by atoms with Gasteiger partial charge in [-0.15, -0.1) is 0 Å². The third-order valence-corrected chi connectivity index (χ3v) is 7.64. The number of piperazine rings is 1. The van der Waals surface area contributed by atoms with Crippen molar-refractivity contribution >= 4 is 31.9 Å². The molecule has 0 amide bonds. The third kappa shape index (κ3) is 3.32. The van der Waals surface area contributed by atoms with Crippen LogP contribution in [0.3, 0.4) is 0 Å². The van der Waals surface area contributed by atoms with Gasteiger partial charge in [0, 0.05) is 0 Å². The number of oxazole rings is 1. The van der Waals surface area contributed by atoms with Crippen molar-refractivity contribution < 1.29 is 17.7 Å². The molecule has 154 valence electrons. The average molecular weight is 425 g/mol. The Bertz CT molecular complexity index is 1380. The molecule has 1 aromatic heterocycles. The number of para-hydroxylation sites is 2. The summed E-state index contributed by atoms with van der Waals surface area (Å²) in [7, 11) is -3.55. The minimum Gasteiger partial charge on any atom is -0.408 e. The smallest absolute Gasteiger partial charge is 0.408 e. The van der Waals surface area contributed by atoms with Crippen LogP contribution in [-0.4, -0.2) is 43.5 Å². The average Bonchev–Trinajstić information content (AvgIpc) is 3.09. The van der Waals surface area contributed by atoms with E-state index >= 15 is 0 Å². The van der Waals surface area contributed by atoms with E-state index < -0.39 is 10.0 Å². The molecule has 8 heteroatoms. The van der Waals surface area contributed by atoms with Gasteiger partial charge < -0.3 is 9.32 Å². The first-order chi connectivity index (χ1) is 14.5. The lowest BCUT2D eigenvalue weighted by Crippen LogP contribution is -3.14. The zero-order chi connectivity index (χ0) is 20.7. The van der Waals surface area contributed by atoms with Crippen LogP contribution in [-0.2, 0) is 16.7 Å². The van der Waals surface area contributed by atoms with Crippen molar-refractivity contribution in [2.45, 2.75) is 11.6 Å². The molecular formula is C22H22N3O4S+. The monoisotopic (exact) mass is 424 g/mol. The van der Waals surface area contributed by atoms with Crippen molar-refractivity contribution in [1.82, 2.24) is 8.87 Å². The lowest BCUT2D eigenvalue weighted by atomic mass is 10.1. The van der Waals surface area contributed by atoms with Crippen molar-refractivity contribution in [2.24, 2.45) is 0 Å². The molecule has 3 aromatic carbocycles. The molecule has 0 radical (unpaired) electrons. The molecule has 1 fully saturated rings. The van der Waals surface area contributed by atoms with E-state index in [2.05, 4.69) is 0 Å². The molecule has 5 rings (SSSR count). The number of rotatable bonds is 4. The highest BCUT2D eigenvalue weighted by Crippen LogP contribution is 2.22. The van der Waals surface area contributed by atoms with E-state index in [9.17, 15) is 13.2 Å². The van der Waals surface area contributed by atoms with Crippen LogP contribution in [0.1, 0.15) is 0 Å². The second-order valence-electron chi connectivity index (χ2n) is 7.58. The van der Waals surface area contributed by atoms with Crippen LogP contribution in [0, 0.1) is 0 Å². The molecule has 0 atom stereocenters. The number of nitrogens with zero attached hydrogens (tertiary/aromatic N) is 2. The molecule has 0 spiro atoms. The second-order valence-corrected chi connectivity index (χ2v) is 9.52. The Kier molecular flexibility index (Phi) is 4.69. The van der Waals surface area contributed by atoms with Crippen molar-refractivity contribution in [3.8, 4) is 0 Å². The summed E-state index contributed by atoms with van der Waals surface area (Å²) in [6.07, 6.45) is 0. The Morgan fingerprint density at radius 1 is 0.900 bits per heavy atom. The van der Waals surface area contributed by atoms with Gasteiger partial charge in [0.15, 0.2) is 12.3 Å². The van der Waals surface area contributed by atoms with Crippen LogP contribution < -0.4 is 10.7 Å². The number of fused-ring (bicyclic) bond motifs is 2. The number of hydrogen-bond acceptors (Lipinski definition) is 4. The molecule has 0 unspecified atom stereocenters. The maximum atomic E-state index is 13.1. The Labute approximate surface area is 173 Å². The van der Waals surface area contributed by atoms with Gasteiger partial charge in [-0.3, -0.25) is 0 Å². The SMILES string of the molecule is O=c1oc2ccccc2n1C[NH+]1CCN(S(=O)(=O)c2ccc3ccccc3c2)CC1. The van der Waals surface area contributed by atoms with Gasteiger partial charge in [-0.1, -0.05) is 42.5 Å². The molecule has 0 aliphatic carbocycles. The fourth-order valence-electron chi connectivity index (χ4n) is 4.07. The predicted molar refractivity (Wildman–Crippen MR) is 114 cm³/mol. The van der Waals surface area contributed by atoms with Gasteiger partial charge in [0.1, 0.15) is 0 Å². The number of benzene rings is 3. The van der Waals surface area contributed by atoms with Crippen LogP contribution in [0.25, 0.3) is 21.9 Å². The van der Waals surface area contributed by atoms with E-state index in [4.69, 9.17) is 4.42 Å². The molecule has 0 bridgehead atoms. The first kappa shape index (κ1) is 19.0. The second kappa shape index (κ2) is 7.39. The molecule has 2 heterocycles.